The van der Waals surface area contributed by atoms with Gasteiger partial charge in [-0.05, 0) is 46.2 Å². The van der Waals surface area contributed by atoms with Crippen LogP contribution < -0.4 is 10.2 Å². The first kappa shape index (κ1) is 18.2. The van der Waals surface area contributed by atoms with Gasteiger partial charge in [0.05, 0.1) is 11.2 Å². The Balaban J connectivity index is 2.42. The van der Waals surface area contributed by atoms with E-state index in [2.05, 4.69) is 0 Å². The van der Waals surface area contributed by atoms with Gasteiger partial charge in [-0.2, -0.15) is 8.78 Å². The van der Waals surface area contributed by atoms with Crippen molar-refractivity contribution in [1.82, 2.24) is 0 Å². The van der Waals surface area contributed by atoms with E-state index in [1.165, 1.54) is 6.07 Å². The molecule has 0 aliphatic carbocycles. The van der Waals surface area contributed by atoms with Gasteiger partial charge < -0.3 is 9.31 Å². The molecule has 0 bridgehead atoms. The van der Waals surface area contributed by atoms with Crippen molar-refractivity contribution in [2.45, 2.75) is 51.6 Å². The first-order chi connectivity index (χ1) is 10.4. The van der Waals surface area contributed by atoms with Crippen LogP contribution in [-0.4, -0.2) is 32.5 Å². The topological polar surface area (TPSA) is 64.6 Å². The number of hydrogen-bond acceptors (Lipinski definition) is 4. The van der Waals surface area contributed by atoms with E-state index in [-0.39, 0.29) is 5.69 Å². The molecule has 1 N–H and O–H groups in total. The standard InChI is InChI=1S/C14H20BF2NO4S/c1-9-6-7-10(11(8-9)18-23(19,20)12(16)17)15-21-13(2,3)14(4,5)22-15/h6-8,12,18H,1-5H3. The number of alkyl halides is 2. The molecule has 0 radical (unpaired) electrons. The van der Waals surface area contributed by atoms with Crippen LogP contribution in [0.15, 0.2) is 18.2 Å². The fourth-order valence-electron chi connectivity index (χ4n) is 2.13. The average Bonchev–Trinajstić information content (AvgIpc) is 2.57. The zero-order chi connectivity index (χ0) is 17.6. The van der Waals surface area contributed by atoms with Crippen molar-refractivity contribution in [3.8, 4) is 0 Å². The Morgan fingerprint density at radius 1 is 1.13 bits per heavy atom. The first-order valence-electron chi connectivity index (χ1n) is 7.12. The lowest BCUT2D eigenvalue weighted by atomic mass is 9.77. The SMILES string of the molecule is Cc1ccc(B2OC(C)(C)C(C)(C)O2)c(NS(=O)(=O)C(F)F)c1. The van der Waals surface area contributed by atoms with Crippen LogP contribution in [-0.2, 0) is 19.3 Å². The Kier molecular flexibility index (Phi) is 4.51. The second-order valence-corrected chi connectivity index (χ2v) is 8.24. The van der Waals surface area contributed by atoms with Crippen molar-refractivity contribution in [2.75, 3.05) is 4.72 Å². The number of halogens is 2. The van der Waals surface area contributed by atoms with Gasteiger partial charge in [0.2, 0.25) is 0 Å². The number of nitrogens with one attached hydrogen (secondary N) is 1. The highest BCUT2D eigenvalue weighted by Gasteiger charge is 2.52. The number of rotatable bonds is 4. The smallest absolute Gasteiger partial charge is 0.399 e. The lowest BCUT2D eigenvalue weighted by Gasteiger charge is -2.32. The lowest BCUT2D eigenvalue weighted by molar-refractivity contribution is 0.00578. The van der Waals surface area contributed by atoms with E-state index in [0.717, 1.165) is 5.56 Å². The molecule has 0 saturated carbocycles. The highest BCUT2D eigenvalue weighted by Crippen LogP contribution is 2.37. The van der Waals surface area contributed by atoms with Gasteiger partial charge in [0.15, 0.2) is 0 Å². The Morgan fingerprint density at radius 3 is 2.13 bits per heavy atom. The zero-order valence-electron chi connectivity index (χ0n) is 13.7. The molecule has 0 spiro atoms. The van der Waals surface area contributed by atoms with Crippen LogP contribution >= 0.6 is 0 Å². The highest BCUT2D eigenvalue weighted by molar-refractivity contribution is 7.93. The summed E-state index contributed by atoms with van der Waals surface area (Å²) in [6.45, 7) is 9.14. The molecule has 1 aromatic carbocycles. The van der Waals surface area contributed by atoms with Gasteiger partial charge in [0.25, 0.3) is 10.0 Å². The van der Waals surface area contributed by atoms with Crippen LogP contribution in [0.1, 0.15) is 33.3 Å². The Labute approximate surface area is 135 Å². The monoisotopic (exact) mass is 347 g/mol. The summed E-state index contributed by atoms with van der Waals surface area (Å²) in [7, 11) is -5.62. The van der Waals surface area contributed by atoms with E-state index in [1.54, 1.807) is 19.1 Å². The molecule has 2 rings (SSSR count). The predicted molar refractivity (Wildman–Crippen MR) is 85.4 cm³/mol. The molecule has 1 aliphatic heterocycles. The average molecular weight is 347 g/mol. The number of hydrogen-bond donors (Lipinski definition) is 1. The van der Waals surface area contributed by atoms with Gasteiger partial charge >= 0.3 is 12.9 Å². The van der Waals surface area contributed by atoms with Crippen molar-refractivity contribution in [3.63, 3.8) is 0 Å². The Morgan fingerprint density at radius 2 is 1.65 bits per heavy atom. The van der Waals surface area contributed by atoms with Gasteiger partial charge in [-0.15, -0.1) is 0 Å². The summed E-state index contributed by atoms with van der Waals surface area (Å²) in [5.41, 5.74) is -0.137. The summed E-state index contributed by atoms with van der Waals surface area (Å²) in [5.74, 6) is -3.52. The van der Waals surface area contributed by atoms with E-state index in [9.17, 15) is 17.2 Å². The second kappa shape index (κ2) is 5.72. The van der Waals surface area contributed by atoms with Crippen LogP contribution in [0.25, 0.3) is 0 Å². The fraction of sp³-hybridized carbons (Fsp3) is 0.571. The predicted octanol–water partition coefficient (Wildman–Crippen LogP) is 2.26. The third kappa shape index (κ3) is 3.51. The van der Waals surface area contributed by atoms with Crippen molar-refractivity contribution in [3.05, 3.63) is 23.8 Å². The van der Waals surface area contributed by atoms with Crippen LogP contribution in [0.3, 0.4) is 0 Å². The highest BCUT2D eigenvalue weighted by atomic mass is 32.2. The molecular formula is C14H20BF2NO4S. The molecule has 1 heterocycles. The van der Waals surface area contributed by atoms with E-state index in [4.69, 9.17) is 9.31 Å². The second-order valence-electron chi connectivity index (χ2n) is 6.59. The number of aryl methyl sites for hydroxylation is 1. The number of benzene rings is 1. The lowest BCUT2D eigenvalue weighted by Crippen LogP contribution is -2.41. The minimum Gasteiger partial charge on any atom is -0.399 e. The van der Waals surface area contributed by atoms with E-state index < -0.39 is 34.1 Å². The van der Waals surface area contributed by atoms with Crippen molar-refractivity contribution in [1.29, 1.82) is 0 Å². The van der Waals surface area contributed by atoms with Crippen LogP contribution in [0.5, 0.6) is 0 Å². The molecule has 0 unspecified atom stereocenters. The minimum atomic E-state index is -4.77. The Hall–Kier alpha value is -1.19. The fourth-order valence-corrected chi connectivity index (χ4v) is 2.70. The quantitative estimate of drug-likeness (QED) is 0.849. The maximum Gasteiger partial charge on any atom is 0.497 e. The molecule has 0 amide bonds. The molecule has 1 saturated heterocycles. The number of sulfonamides is 1. The Bertz CT molecular complexity index is 691. The summed E-state index contributed by atoms with van der Waals surface area (Å²) in [6.07, 6.45) is 0. The van der Waals surface area contributed by atoms with Gasteiger partial charge in [0, 0.05) is 11.2 Å². The largest absolute Gasteiger partial charge is 0.497 e. The maximum atomic E-state index is 12.6. The van der Waals surface area contributed by atoms with Gasteiger partial charge in [-0.3, -0.25) is 4.72 Å². The van der Waals surface area contributed by atoms with Gasteiger partial charge in [0.1, 0.15) is 0 Å². The number of anilines is 1. The molecule has 0 aromatic heterocycles. The molecule has 23 heavy (non-hydrogen) atoms. The first-order valence-corrected chi connectivity index (χ1v) is 8.66. The minimum absolute atomic E-state index is 0.0313. The normalized spacial score (nSPS) is 20.1. The van der Waals surface area contributed by atoms with Crippen LogP contribution in [0.4, 0.5) is 14.5 Å². The van der Waals surface area contributed by atoms with E-state index >= 15 is 0 Å². The van der Waals surface area contributed by atoms with Crippen LogP contribution in [0.2, 0.25) is 0 Å². The van der Waals surface area contributed by atoms with Crippen molar-refractivity contribution >= 4 is 28.3 Å². The molecule has 0 atom stereocenters. The molecule has 1 fully saturated rings. The van der Waals surface area contributed by atoms with Gasteiger partial charge in [-0.1, -0.05) is 12.1 Å². The maximum absolute atomic E-state index is 12.6. The molecule has 1 aromatic rings. The van der Waals surface area contributed by atoms with E-state index in [1.807, 2.05) is 32.4 Å². The molecule has 1 aliphatic rings. The van der Waals surface area contributed by atoms with Crippen molar-refractivity contribution in [2.24, 2.45) is 0 Å². The summed E-state index contributed by atoms with van der Waals surface area (Å²) >= 11 is 0. The molecule has 9 heteroatoms. The summed E-state index contributed by atoms with van der Waals surface area (Å²) in [5, 5.41) is 0. The summed E-state index contributed by atoms with van der Waals surface area (Å²) in [6, 6.07) is 4.82. The van der Waals surface area contributed by atoms with Crippen LogP contribution in [0, 0.1) is 6.92 Å². The third-order valence-corrected chi connectivity index (χ3v) is 5.18. The molecular weight excluding hydrogens is 327 g/mol. The van der Waals surface area contributed by atoms with E-state index in [0.29, 0.717) is 5.46 Å². The summed E-state index contributed by atoms with van der Waals surface area (Å²) in [4.78, 5) is 0. The summed E-state index contributed by atoms with van der Waals surface area (Å²) < 4.78 is 61.9. The molecule has 128 valence electrons. The third-order valence-electron chi connectivity index (χ3n) is 4.20. The van der Waals surface area contributed by atoms with Crippen molar-refractivity contribution < 1.29 is 26.5 Å². The van der Waals surface area contributed by atoms with Gasteiger partial charge in [-0.25, -0.2) is 8.42 Å². The molecule has 5 nitrogen and oxygen atoms in total. The zero-order valence-corrected chi connectivity index (χ0v) is 14.5.